The van der Waals surface area contributed by atoms with E-state index >= 15 is 0 Å². The highest BCUT2D eigenvalue weighted by Gasteiger charge is 2.21. The van der Waals surface area contributed by atoms with Crippen LogP contribution in [0.2, 0.25) is 0 Å². The zero-order chi connectivity index (χ0) is 19.5. The lowest BCUT2D eigenvalue weighted by Gasteiger charge is -2.15. The molecule has 1 aromatic heterocycles. The molecule has 1 aliphatic heterocycles. The Kier molecular flexibility index (Phi) is 5.25. The number of benzene rings is 2. The molecule has 1 fully saturated rings. The standard InChI is InChI=1S/C21H20N4O2S/c1-14-4-6-16(7-5-14)20-22-21(24-23-20)28-13-18(26)15-8-10-17(11-9-15)25-12-2-3-19(25)27/h4-11H,2-3,12-13H2,1H3,(H,22,23,24). The summed E-state index contributed by atoms with van der Waals surface area (Å²) < 4.78 is 0. The second kappa shape index (κ2) is 7.98. The number of amides is 1. The highest BCUT2D eigenvalue weighted by molar-refractivity contribution is 7.99. The summed E-state index contributed by atoms with van der Waals surface area (Å²) in [4.78, 5) is 30.5. The number of anilines is 1. The summed E-state index contributed by atoms with van der Waals surface area (Å²) in [6.07, 6.45) is 1.48. The number of ketones is 1. The Labute approximate surface area is 167 Å². The fourth-order valence-corrected chi connectivity index (χ4v) is 3.81. The van der Waals surface area contributed by atoms with Crippen molar-refractivity contribution < 1.29 is 9.59 Å². The number of hydrogen-bond donors (Lipinski definition) is 1. The van der Waals surface area contributed by atoms with Gasteiger partial charge in [-0.1, -0.05) is 41.6 Å². The van der Waals surface area contributed by atoms with Crippen molar-refractivity contribution in [2.45, 2.75) is 24.9 Å². The molecule has 6 nitrogen and oxygen atoms in total. The molecule has 2 heterocycles. The molecule has 0 spiro atoms. The molecule has 1 amide bonds. The van der Waals surface area contributed by atoms with Crippen molar-refractivity contribution in [3.8, 4) is 11.4 Å². The number of thioether (sulfide) groups is 1. The van der Waals surface area contributed by atoms with Crippen LogP contribution < -0.4 is 4.90 Å². The third-order valence-corrected chi connectivity index (χ3v) is 5.54. The summed E-state index contributed by atoms with van der Waals surface area (Å²) in [5.74, 6) is 1.09. The molecule has 0 aliphatic carbocycles. The lowest BCUT2D eigenvalue weighted by molar-refractivity contribution is -0.117. The van der Waals surface area contributed by atoms with Gasteiger partial charge in [0.2, 0.25) is 11.1 Å². The average molecular weight is 392 g/mol. The summed E-state index contributed by atoms with van der Waals surface area (Å²) in [5.41, 5.74) is 3.62. The van der Waals surface area contributed by atoms with Gasteiger partial charge in [-0.3, -0.25) is 14.7 Å². The Hall–Kier alpha value is -2.93. The molecule has 1 saturated heterocycles. The Morgan fingerprint density at radius 3 is 2.57 bits per heavy atom. The van der Waals surface area contributed by atoms with E-state index in [0.717, 1.165) is 24.2 Å². The summed E-state index contributed by atoms with van der Waals surface area (Å²) in [6.45, 7) is 2.78. The van der Waals surface area contributed by atoms with E-state index in [0.29, 0.717) is 23.0 Å². The smallest absolute Gasteiger partial charge is 0.227 e. The maximum atomic E-state index is 12.5. The first-order valence-electron chi connectivity index (χ1n) is 9.16. The van der Waals surface area contributed by atoms with Gasteiger partial charge in [-0.05, 0) is 37.6 Å². The van der Waals surface area contributed by atoms with Crippen molar-refractivity contribution in [2.75, 3.05) is 17.2 Å². The van der Waals surface area contributed by atoms with Gasteiger partial charge in [-0.15, -0.1) is 5.10 Å². The summed E-state index contributed by atoms with van der Waals surface area (Å²) in [7, 11) is 0. The van der Waals surface area contributed by atoms with Crippen LogP contribution >= 0.6 is 11.8 Å². The van der Waals surface area contributed by atoms with Gasteiger partial charge in [0.15, 0.2) is 11.6 Å². The third kappa shape index (κ3) is 3.99. The van der Waals surface area contributed by atoms with Gasteiger partial charge < -0.3 is 4.90 Å². The van der Waals surface area contributed by atoms with Crippen molar-refractivity contribution in [1.29, 1.82) is 0 Å². The summed E-state index contributed by atoms with van der Waals surface area (Å²) in [6, 6.07) is 15.2. The van der Waals surface area contributed by atoms with E-state index in [2.05, 4.69) is 15.2 Å². The molecule has 0 unspecified atom stereocenters. The van der Waals surface area contributed by atoms with Crippen LogP contribution in [0.5, 0.6) is 0 Å². The van der Waals surface area contributed by atoms with Crippen LogP contribution in [-0.2, 0) is 4.79 Å². The van der Waals surface area contributed by atoms with Crippen molar-refractivity contribution in [2.24, 2.45) is 0 Å². The van der Waals surface area contributed by atoms with Gasteiger partial charge in [-0.25, -0.2) is 4.98 Å². The van der Waals surface area contributed by atoms with Crippen molar-refractivity contribution in [1.82, 2.24) is 15.2 Å². The van der Waals surface area contributed by atoms with E-state index in [1.807, 2.05) is 43.3 Å². The number of aromatic amines is 1. The molecular formula is C21H20N4O2S. The molecule has 0 saturated carbocycles. The molecule has 142 valence electrons. The maximum absolute atomic E-state index is 12.5. The van der Waals surface area contributed by atoms with E-state index in [4.69, 9.17) is 0 Å². The van der Waals surface area contributed by atoms with Crippen molar-refractivity contribution >= 4 is 29.1 Å². The normalized spacial score (nSPS) is 13.9. The minimum atomic E-state index is 0.00554. The molecule has 7 heteroatoms. The SMILES string of the molecule is Cc1ccc(-c2nc(SCC(=O)c3ccc(N4CCCC4=O)cc3)n[nH]2)cc1. The summed E-state index contributed by atoms with van der Waals surface area (Å²) in [5, 5.41) is 7.65. The van der Waals surface area contributed by atoms with Gasteiger partial charge in [0.05, 0.1) is 5.75 Å². The quantitative estimate of drug-likeness (QED) is 0.509. The highest BCUT2D eigenvalue weighted by Crippen LogP contribution is 2.23. The molecule has 28 heavy (non-hydrogen) atoms. The van der Waals surface area contributed by atoms with Crippen LogP contribution in [0, 0.1) is 6.92 Å². The number of nitrogens with one attached hydrogen (secondary N) is 1. The zero-order valence-corrected chi connectivity index (χ0v) is 16.3. The minimum absolute atomic E-state index is 0.00554. The van der Waals surface area contributed by atoms with Gasteiger partial charge in [0.1, 0.15) is 0 Å². The largest absolute Gasteiger partial charge is 0.312 e. The third-order valence-electron chi connectivity index (χ3n) is 4.70. The van der Waals surface area contributed by atoms with Crippen LogP contribution in [0.3, 0.4) is 0 Å². The Bertz CT molecular complexity index is 996. The van der Waals surface area contributed by atoms with Crippen LogP contribution in [0.15, 0.2) is 53.7 Å². The molecule has 0 bridgehead atoms. The lowest BCUT2D eigenvalue weighted by Crippen LogP contribution is -2.23. The van der Waals surface area contributed by atoms with E-state index < -0.39 is 0 Å². The molecule has 1 N–H and O–H groups in total. The first-order valence-corrected chi connectivity index (χ1v) is 10.1. The molecule has 1 aliphatic rings. The monoisotopic (exact) mass is 392 g/mol. The number of rotatable bonds is 6. The predicted molar refractivity (Wildman–Crippen MR) is 110 cm³/mol. The van der Waals surface area contributed by atoms with Crippen LogP contribution in [0.25, 0.3) is 11.4 Å². The molecular weight excluding hydrogens is 372 g/mol. The number of hydrogen-bond acceptors (Lipinski definition) is 5. The van der Waals surface area contributed by atoms with E-state index in [1.165, 1.54) is 17.3 Å². The minimum Gasteiger partial charge on any atom is -0.312 e. The van der Waals surface area contributed by atoms with Gasteiger partial charge in [0.25, 0.3) is 0 Å². The van der Waals surface area contributed by atoms with Crippen LogP contribution in [-0.4, -0.2) is 39.2 Å². The number of carbonyl (C=O) groups excluding carboxylic acids is 2. The molecule has 0 atom stereocenters. The number of nitrogens with zero attached hydrogens (tertiary/aromatic N) is 3. The van der Waals surface area contributed by atoms with Crippen molar-refractivity contribution in [3.05, 3.63) is 59.7 Å². The van der Waals surface area contributed by atoms with E-state index in [1.54, 1.807) is 17.0 Å². The van der Waals surface area contributed by atoms with Crippen LogP contribution in [0.1, 0.15) is 28.8 Å². The van der Waals surface area contributed by atoms with Gasteiger partial charge in [-0.2, -0.15) is 0 Å². The Morgan fingerprint density at radius 2 is 1.89 bits per heavy atom. The summed E-state index contributed by atoms with van der Waals surface area (Å²) >= 11 is 1.30. The zero-order valence-electron chi connectivity index (χ0n) is 15.5. The number of aryl methyl sites for hydroxylation is 1. The fourth-order valence-electron chi connectivity index (χ4n) is 3.11. The molecule has 3 aromatic rings. The topological polar surface area (TPSA) is 79.0 Å². The predicted octanol–water partition coefficient (Wildman–Crippen LogP) is 3.88. The Balaban J connectivity index is 1.36. The highest BCUT2D eigenvalue weighted by atomic mass is 32.2. The second-order valence-corrected chi connectivity index (χ2v) is 7.68. The Morgan fingerprint density at radius 1 is 1.14 bits per heavy atom. The lowest BCUT2D eigenvalue weighted by atomic mass is 10.1. The van der Waals surface area contributed by atoms with E-state index in [9.17, 15) is 9.59 Å². The van der Waals surface area contributed by atoms with Gasteiger partial charge >= 0.3 is 0 Å². The number of aromatic nitrogens is 3. The molecule has 0 radical (unpaired) electrons. The van der Waals surface area contributed by atoms with Gasteiger partial charge in [0, 0.05) is 29.8 Å². The van der Waals surface area contributed by atoms with E-state index in [-0.39, 0.29) is 17.4 Å². The molecule has 2 aromatic carbocycles. The number of Topliss-reactive ketones (excluding diaryl/α,β-unsaturated/α-hetero) is 1. The maximum Gasteiger partial charge on any atom is 0.227 e. The number of H-pyrrole nitrogens is 1. The average Bonchev–Trinajstić information content (AvgIpc) is 3.36. The number of carbonyl (C=O) groups is 2. The van der Waals surface area contributed by atoms with Crippen molar-refractivity contribution in [3.63, 3.8) is 0 Å². The first kappa shape index (κ1) is 18.4. The molecule has 4 rings (SSSR count). The fraction of sp³-hybridized carbons (Fsp3) is 0.238. The van der Waals surface area contributed by atoms with Crippen LogP contribution in [0.4, 0.5) is 5.69 Å². The second-order valence-electron chi connectivity index (χ2n) is 6.74. The first-order chi connectivity index (χ1) is 13.6.